The lowest BCUT2D eigenvalue weighted by molar-refractivity contribution is -0.130. The van der Waals surface area contributed by atoms with Gasteiger partial charge in [-0.25, -0.2) is 0 Å². The lowest BCUT2D eigenvalue weighted by Crippen LogP contribution is -2.30. The highest BCUT2D eigenvalue weighted by Gasteiger charge is 2.34. The predicted molar refractivity (Wildman–Crippen MR) is 185 cm³/mol. The normalized spacial score (nSPS) is 16.4. The van der Waals surface area contributed by atoms with E-state index in [-0.39, 0.29) is 58.6 Å². The van der Waals surface area contributed by atoms with E-state index < -0.39 is 0 Å². The zero-order valence-corrected chi connectivity index (χ0v) is 29.6. The molecule has 0 bridgehead atoms. The molecule has 0 fully saturated rings. The SMILES string of the molecule is CCCC(CC1CC(=O)c2c(C)c(CCC(=O)Cc3ccc(CC(C)(C)C)cc3)cc(C(C)C)c2C1)C(CC)C(=O)CC(C)=O. The number of carbonyl (C=O) groups excluding carboxylic acids is 4. The molecule has 0 amide bonds. The number of hydrogen-bond acceptors (Lipinski definition) is 4. The van der Waals surface area contributed by atoms with Crippen LogP contribution in [0.4, 0.5) is 0 Å². The summed E-state index contributed by atoms with van der Waals surface area (Å²) in [6.45, 7) is 18.8. The third-order valence-corrected chi connectivity index (χ3v) is 9.68. The molecule has 3 rings (SSSR count). The molecule has 0 heterocycles. The number of fused-ring (bicyclic) bond motifs is 1. The first-order chi connectivity index (χ1) is 21.1. The number of Topliss-reactive ketones (excluding diaryl/α,β-unsaturated/α-hetero) is 4. The summed E-state index contributed by atoms with van der Waals surface area (Å²) in [5, 5.41) is 0. The minimum absolute atomic E-state index is 0.0108. The second kappa shape index (κ2) is 16.1. The van der Waals surface area contributed by atoms with E-state index >= 15 is 0 Å². The molecule has 246 valence electrons. The first kappa shape index (κ1) is 36.6. The fourth-order valence-electron chi connectivity index (χ4n) is 7.64. The second-order valence-corrected chi connectivity index (χ2v) is 15.4. The Kier molecular flexibility index (Phi) is 13.1. The Hall–Kier alpha value is -2.88. The molecule has 3 atom stereocenters. The van der Waals surface area contributed by atoms with E-state index in [0.717, 1.165) is 60.8 Å². The fraction of sp³-hybridized carbons (Fsp3) is 0.610. The number of ketones is 4. The van der Waals surface area contributed by atoms with Crippen LogP contribution in [0, 0.1) is 30.1 Å². The maximum Gasteiger partial charge on any atom is 0.163 e. The average molecular weight is 615 g/mol. The van der Waals surface area contributed by atoms with Crippen molar-refractivity contribution in [2.45, 2.75) is 139 Å². The maximum absolute atomic E-state index is 13.8. The topological polar surface area (TPSA) is 68.3 Å². The predicted octanol–water partition coefficient (Wildman–Crippen LogP) is 9.58. The van der Waals surface area contributed by atoms with Crippen LogP contribution >= 0.6 is 0 Å². The summed E-state index contributed by atoms with van der Waals surface area (Å²) in [7, 11) is 0. The van der Waals surface area contributed by atoms with E-state index in [9.17, 15) is 19.2 Å². The molecule has 2 aromatic rings. The molecule has 3 unspecified atom stereocenters. The van der Waals surface area contributed by atoms with Crippen molar-refractivity contribution in [1.29, 1.82) is 0 Å². The van der Waals surface area contributed by atoms with E-state index in [0.29, 0.717) is 25.7 Å². The first-order valence-electron chi connectivity index (χ1n) is 17.4. The Balaban J connectivity index is 1.77. The summed E-state index contributed by atoms with van der Waals surface area (Å²) in [6, 6.07) is 10.7. The summed E-state index contributed by atoms with van der Waals surface area (Å²) >= 11 is 0. The van der Waals surface area contributed by atoms with Gasteiger partial charge in [-0.15, -0.1) is 0 Å². The Morgan fingerprint density at radius 3 is 2.18 bits per heavy atom. The standard InChI is InChI=1S/C41H58O4/c1-10-12-33(35(11-2)38(44)19-27(5)42)20-31-22-37-36(26(3)4)24-32(28(6)40(37)39(45)23-31)17-18-34(43)21-29-13-15-30(16-14-29)25-41(7,8)9/h13-16,24,26,31,33,35H,10-12,17-23,25H2,1-9H3. The van der Waals surface area contributed by atoms with Crippen LogP contribution in [0.25, 0.3) is 0 Å². The van der Waals surface area contributed by atoms with E-state index in [1.807, 2.05) is 6.92 Å². The van der Waals surface area contributed by atoms with Gasteiger partial charge in [-0.05, 0) is 103 Å². The van der Waals surface area contributed by atoms with Crippen LogP contribution in [0.1, 0.15) is 150 Å². The third-order valence-electron chi connectivity index (χ3n) is 9.68. The van der Waals surface area contributed by atoms with Crippen LogP contribution in [-0.4, -0.2) is 23.1 Å². The van der Waals surface area contributed by atoms with E-state index in [1.165, 1.54) is 23.6 Å². The molecular formula is C41H58O4. The minimum Gasteiger partial charge on any atom is -0.300 e. The van der Waals surface area contributed by atoms with Gasteiger partial charge in [0.15, 0.2) is 5.78 Å². The third kappa shape index (κ3) is 10.3. The molecule has 0 aromatic heterocycles. The molecule has 0 saturated carbocycles. The molecule has 2 aromatic carbocycles. The van der Waals surface area contributed by atoms with Gasteiger partial charge in [-0.1, -0.05) is 91.6 Å². The molecule has 4 heteroatoms. The van der Waals surface area contributed by atoms with E-state index in [4.69, 9.17) is 0 Å². The van der Waals surface area contributed by atoms with Crippen LogP contribution < -0.4 is 0 Å². The summed E-state index contributed by atoms with van der Waals surface area (Å²) in [4.78, 5) is 51.6. The van der Waals surface area contributed by atoms with Crippen molar-refractivity contribution in [2.75, 3.05) is 0 Å². The van der Waals surface area contributed by atoms with Crippen molar-refractivity contribution in [3.63, 3.8) is 0 Å². The highest BCUT2D eigenvalue weighted by atomic mass is 16.1. The van der Waals surface area contributed by atoms with E-state index in [1.54, 1.807) is 0 Å². The highest BCUT2D eigenvalue weighted by Crippen LogP contribution is 2.40. The van der Waals surface area contributed by atoms with Crippen molar-refractivity contribution >= 4 is 23.1 Å². The number of rotatable bonds is 16. The smallest absolute Gasteiger partial charge is 0.163 e. The van der Waals surface area contributed by atoms with Crippen molar-refractivity contribution < 1.29 is 19.2 Å². The Bertz CT molecular complexity index is 1360. The highest BCUT2D eigenvalue weighted by molar-refractivity contribution is 6.01. The van der Waals surface area contributed by atoms with Gasteiger partial charge in [0, 0.05) is 30.7 Å². The summed E-state index contributed by atoms with van der Waals surface area (Å²) < 4.78 is 0. The van der Waals surface area contributed by atoms with Crippen LogP contribution in [0.15, 0.2) is 30.3 Å². The first-order valence-corrected chi connectivity index (χ1v) is 17.4. The molecular weight excluding hydrogens is 556 g/mol. The number of carbonyl (C=O) groups is 4. The van der Waals surface area contributed by atoms with E-state index in [2.05, 4.69) is 78.8 Å². The number of benzene rings is 2. The van der Waals surface area contributed by atoms with Crippen molar-refractivity contribution in [3.05, 3.63) is 69.3 Å². The molecule has 0 N–H and O–H groups in total. The monoisotopic (exact) mass is 614 g/mol. The minimum atomic E-state index is -0.127. The van der Waals surface area contributed by atoms with Gasteiger partial charge in [0.2, 0.25) is 0 Å². The van der Waals surface area contributed by atoms with Gasteiger partial charge < -0.3 is 0 Å². The molecule has 0 saturated heterocycles. The maximum atomic E-state index is 13.8. The molecule has 45 heavy (non-hydrogen) atoms. The zero-order chi connectivity index (χ0) is 33.5. The van der Waals surface area contributed by atoms with Gasteiger partial charge in [-0.2, -0.15) is 0 Å². The largest absolute Gasteiger partial charge is 0.300 e. The Morgan fingerprint density at radius 1 is 0.978 bits per heavy atom. The summed E-state index contributed by atoms with van der Waals surface area (Å²) in [5.41, 5.74) is 8.00. The quantitative estimate of drug-likeness (QED) is 0.177. The summed E-state index contributed by atoms with van der Waals surface area (Å²) in [5.74, 6) is 0.922. The van der Waals surface area contributed by atoms with Crippen molar-refractivity contribution in [1.82, 2.24) is 0 Å². The lowest BCUT2D eigenvalue weighted by Gasteiger charge is -2.33. The molecule has 4 nitrogen and oxygen atoms in total. The van der Waals surface area contributed by atoms with Gasteiger partial charge in [0.1, 0.15) is 17.3 Å². The fourth-order valence-corrected chi connectivity index (χ4v) is 7.64. The van der Waals surface area contributed by atoms with Gasteiger partial charge in [-0.3, -0.25) is 19.2 Å². The van der Waals surface area contributed by atoms with Crippen molar-refractivity contribution in [2.24, 2.45) is 23.2 Å². The molecule has 1 aliphatic carbocycles. The summed E-state index contributed by atoms with van der Waals surface area (Å²) in [6.07, 6.45) is 7.38. The van der Waals surface area contributed by atoms with Gasteiger partial charge in [0.05, 0.1) is 6.42 Å². The van der Waals surface area contributed by atoms with Gasteiger partial charge >= 0.3 is 0 Å². The molecule has 0 spiro atoms. The Morgan fingerprint density at radius 2 is 1.62 bits per heavy atom. The number of hydrogen-bond donors (Lipinski definition) is 0. The van der Waals surface area contributed by atoms with Crippen LogP contribution in [0.2, 0.25) is 0 Å². The molecule has 0 radical (unpaired) electrons. The van der Waals surface area contributed by atoms with Crippen LogP contribution in [0.3, 0.4) is 0 Å². The molecule has 1 aliphatic rings. The Labute approximate surface area is 273 Å². The average Bonchev–Trinajstić information content (AvgIpc) is 2.92. The zero-order valence-electron chi connectivity index (χ0n) is 29.6. The lowest BCUT2D eigenvalue weighted by atomic mass is 9.70. The van der Waals surface area contributed by atoms with Gasteiger partial charge in [0.25, 0.3) is 0 Å². The number of aryl methyl sites for hydroxylation is 1. The van der Waals surface area contributed by atoms with Crippen molar-refractivity contribution in [3.8, 4) is 0 Å². The second-order valence-electron chi connectivity index (χ2n) is 15.4. The van der Waals surface area contributed by atoms with Crippen LogP contribution in [0.5, 0.6) is 0 Å². The molecule has 0 aliphatic heterocycles. The van der Waals surface area contributed by atoms with Crippen LogP contribution in [-0.2, 0) is 40.1 Å².